The number of carbonyl (C=O) groups excluding carboxylic acids is 1. The fourth-order valence-electron chi connectivity index (χ4n) is 3.87. The van der Waals surface area contributed by atoms with Gasteiger partial charge in [-0.1, -0.05) is 12.1 Å². The van der Waals surface area contributed by atoms with Crippen molar-refractivity contribution in [2.45, 2.75) is 6.04 Å². The fraction of sp³-hybridized carbons (Fsp3) is 0.455. The summed E-state index contributed by atoms with van der Waals surface area (Å²) in [6.07, 6.45) is 1.67. The lowest BCUT2D eigenvalue weighted by Gasteiger charge is -2.35. The van der Waals surface area contributed by atoms with E-state index in [0.29, 0.717) is 38.7 Å². The lowest BCUT2D eigenvalue weighted by molar-refractivity contribution is 0.0162. The molecule has 2 aromatic rings. The number of halogens is 1. The van der Waals surface area contributed by atoms with E-state index in [4.69, 9.17) is 9.47 Å². The zero-order valence-corrected chi connectivity index (χ0v) is 16.9. The Bertz CT molecular complexity index is 837. The molecule has 2 aliphatic rings. The van der Waals surface area contributed by atoms with Crippen LogP contribution in [0, 0.1) is 5.82 Å². The first-order valence-electron chi connectivity index (χ1n) is 10.3. The molecule has 3 heterocycles. The third-order valence-corrected chi connectivity index (χ3v) is 5.55. The van der Waals surface area contributed by atoms with Crippen molar-refractivity contribution >= 4 is 11.6 Å². The van der Waals surface area contributed by atoms with Gasteiger partial charge in [0.05, 0.1) is 32.5 Å². The highest BCUT2D eigenvalue weighted by atomic mass is 19.1. The Labute approximate surface area is 175 Å². The number of nitrogens with zero attached hydrogens (tertiary/aromatic N) is 3. The van der Waals surface area contributed by atoms with Crippen LogP contribution in [0.15, 0.2) is 42.6 Å². The number of ether oxygens (including phenoxy) is 2. The number of benzene rings is 1. The van der Waals surface area contributed by atoms with E-state index in [1.54, 1.807) is 18.3 Å². The number of amides is 1. The van der Waals surface area contributed by atoms with Crippen molar-refractivity contribution in [2.24, 2.45) is 0 Å². The van der Waals surface area contributed by atoms with Gasteiger partial charge in [-0.25, -0.2) is 4.39 Å². The Morgan fingerprint density at radius 1 is 1.03 bits per heavy atom. The van der Waals surface area contributed by atoms with Crippen LogP contribution < -0.4 is 10.2 Å². The maximum atomic E-state index is 13.4. The molecule has 0 radical (unpaired) electrons. The zero-order valence-electron chi connectivity index (χ0n) is 16.9. The average Bonchev–Trinajstić information content (AvgIpc) is 2.81. The van der Waals surface area contributed by atoms with E-state index < -0.39 is 0 Å². The third-order valence-electron chi connectivity index (χ3n) is 5.55. The predicted octanol–water partition coefficient (Wildman–Crippen LogP) is 1.86. The quantitative estimate of drug-likeness (QED) is 0.779. The van der Waals surface area contributed by atoms with Crippen molar-refractivity contribution < 1.29 is 18.7 Å². The molecule has 0 bridgehead atoms. The molecule has 1 aromatic heterocycles. The Hall–Kier alpha value is -2.55. The van der Waals surface area contributed by atoms with Crippen molar-refractivity contribution in [3.63, 3.8) is 0 Å². The van der Waals surface area contributed by atoms with Crippen LogP contribution in [0.25, 0.3) is 0 Å². The number of carbonyl (C=O) groups is 1. The Kier molecular flexibility index (Phi) is 6.88. The van der Waals surface area contributed by atoms with Crippen molar-refractivity contribution in [1.82, 2.24) is 15.2 Å². The summed E-state index contributed by atoms with van der Waals surface area (Å²) in [6.45, 7) is 6.21. The SMILES string of the molecule is O=C(NCC(c1ccc(F)cc1)N1CCOCC1)c1cc(N2CCOCC2)ccn1. The molecule has 2 aliphatic heterocycles. The van der Waals surface area contributed by atoms with Gasteiger partial charge in [0.2, 0.25) is 0 Å². The summed E-state index contributed by atoms with van der Waals surface area (Å²) in [5.74, 6) is -0.488. The molecule has 1 N–H and O–H groups in total. The first-order chi connectivity index (χ1) is 14.7. The van der Waals surface area contributed by atoms with Gasteiger partial charge in [-0.2, -0.15) is 0 Å². The molecule has 0 saturated carbocycles. The Balaban J connectivity index is 1.45. The monoisotopic (exact) mass is 414 g/mol. The second kappa shape index (κ2) is 9.97. The summed E-state index contributed by atoms with van der Waals surface area (Å²) in [7, 11) is 0. The minimum Gasteiger partial charge on any atom is -0.379 e. The average molecular weight is 414 g/mol. The van der Waals surface area contributed by atoms with E-state index in [1.165, 1.54) is 12.1 Å². The van der Waals surface area contributed by atoms with Crippen LogP contribution in [0.3, 0.4) is 0 Å². The van der Waals surface area contributed by atoms with E-state index in [2.05, 4.69) is 20.1 Å². The number of morpholine rings is 2. The van der Waals surface area contributed by atoms with Crippen LogP contribution in [0.5, 0.6) is 0 Å². The molecule has 1 aromatic carbocycles. The van der Waals surface area contributed by atoms with E-state index in [0.717, 1.165) is 37.4 Å². The molecule has 0 aliphatic carbocycles. The van der Waals surface area contributed by atoms with Crippen LogP contribution in [-0.2, 0) is 9.47 Å². The molecule has 2 fully saturated rings. The number of pyridine rings is 1. The molecule has 2 saturated heterocycles. The summed E-state index contributed by atoms with van der Waals surface area (Å²) in [5, 5.41) is 3.02. The number of nitrogens with one attached hydrogen (secondary N) is 1. The van der Waals surface area contributed by atoms with Crippen LogP contribution >= 0.6 is 0 Å². The highest BCUT2D eigenvalue weighted by molar-refractivity contribution is 5.93. The van der Waals surface area contributed by atoms with E-state index in [-0.39, 0.29) is 17.8 Å². The summed E-state index contributed by atoms with van der Waals surface area (Å²) >= 11 is 0. The van der Waals surface area contributed by atoms with E-state index in [1.807, 2.05) is 12.1 Å². The largest absolute Gasteiger partial charge is 0.379 e. The molecule has 1 atom stereocenters. The fourth-order valence-corrected chi connectivity index (χ4v) is 3.87. The molecule has 0 spiro atoms. The van der Waals surface area contributed by atoms with Crippen LogP contribution in [0.2, 0.25) is 0 Å². The summed E-state index contributed by atoms with van der Waals surface area (Å²) < 4.78 is 24.3. The van der Waals surface area contributed by atoms with Gasteiger partial charge in [-0.3, -0.25) is 14.7 Å². The van der Waals surface area contributed by atoms with Gasteiger partial charge in [0.25, 0.3) is 5.91 Å². The number of hydrogen-bond donors (Lipinski definition) is 1. The van der Waals surface area contributed by atoms with E-state index >= 15 is 0 Å². The molecule has 1 unspecified atom stereocenters. The zero-order chi connectivity index (χ0) is 20.8. The standard InChI is InChI=1S/C22H27FN4O3/c23-18-3-1-17(2-4-18)21(27-9-13-30-14-10-27)16-25-22(28)20-15-19(5-6-24-20)26-7-11-29-12-8-26/h1-6,15,21H,7-14,16H2,(H,25,28). The second-order valence-corrected chi connectivity index (χ2v) is 7.42. The smallest absolute Gasteiger partial charge is 0.270 e. The molecule has 4 rings (SSSR count). The second-order valence-electron chi connectivity index (χ2n) is 7.42. The molecule has 1 amide bonds. The predicted molar refractivity (Wildman–Crippen MR) is 111 cm³/mol. The number of hydrogen-bond acceptors (Lipinski definition) is 6. The minimum atomic E-state index is -0.271. The lowest BCUT2D eigenvalue weighted by atomic mass is 10.0. The van der Waals surface area contributed by atoms with Crippen molar-refractivity contribution in [3.8, 4) is 0 Å². The van der Waals surface area contributed by atoms with Gasteiger partial charge in [0.15, 0.2) is 0 Å². The van der Waals surface area contributed by atoms with Crippen LogP contribution in [0.4, 0.5) is 10.1 Å². The first-order valence-corrected chi connectivity index (χ1v) is 10.3. The van der Waals surface area contributed by atoms with Crippen LogP contribution in [0.1, 0.15) is 22.1 Å². The summed E-state index contributed by atoms with van der Waals surface area (Å²) in [4.78, 5) is 21.5. The first kappa shape index (κ1) is 20.7. The van der Waals surface area contributed by atoms with Crippen molar-refractivity contribution in [3.05, 3.63) is 59.7 Å². The maximum absolute atomic E-state index is 13.4. The topological polar surface area (TPSA) is 66.9 Å². The number of aromatic nitrogens is 1. The maximum Gasteiger partial charge on any atom is 0.270 e. The summed E-state index contributed by atoms with van der Waals surface area (Å²) in [6, 6.07) is 10.1. The highest BCUT2D eigenvalue weighted by Crippen LogP contribution is 2.22. The van der Waals surface area contributed by atoms with Crippen molar-refractivity contribution in [1.29, 1.82) is 0 Å². The lowest BCUT2D eigenvalue weighted by Crippen LogP contribution is -2.44. The van der Waals surface area contributed by atoms with E-state index in [9.17, 15) is 9.18 Å². The number of anilines is 1. The molecule has 8 heteroatoms. The van der Waals surface area contributed by atoms with Crippen LogP contribution in [-0.4, -0.2) is 74.9 Å². The third kappa shape index (κ3) is 5.13. The van der Waals surface area contributed by atoms with Gasteiger partial charge in [0, 0.05) is 44.6 Å². The van der Waals surface area contributed by atoms with Gasteiger partial charge in [-0.15, -0.1) is 0 Å². The molecular weight excluding hydrogens is 387 g/mol. The van der Waals surface area contributed by atoms with Crippen molar-refractivity contribution in [2.75, 3.05) is 64.1 Å². The molecular formula is C22H27FN4O3. The van der Waals surface area contributed by atoms with Gasteiger partial charge >= 0.3 is 0 Å². The van der Waals surface area contributed by atoms with Gasteiger partial charge in [-0.05, 0) is 29.8 Å². The van der Waals surface area contributed by atoms with Gasteiger partial charge in [0.1, 0.15) is 11.5 Å². The normalized spacial score (nSPS) is 18.8. The Morgan fingerprint density at radius 3 is 2.40 bits per heavy atom. The molecule has 30 heavy (non-hydrogen) atoms. The number of rotatable bonds is 6. The minimum absolute atomic E-state index is 0.0547. The Morgan fingerprint density at radius 2 is 1.70 bits per heavy atom. The van der Waals surface area contributed by atoms with Gasteiger partial charge < -0.3 is 19.7 Å². The molecule has 7 nitrogen and oxygen atoms in total. The summed E-state index contributed by atoms with van der Waals surface area (Å²) in [5.41, 5.74) is 2.33. The highest BCUT2D eigenvalue weighted by Gasteiger charge is 2.24. The molecule has 160 valence electrons.